The summed E-state index contributed by atoms with van der Waals surface area (Å²) in [6.07, 6.45) is -4.42. The Kier molecular flexibility index (Phi) is 2.97. The van der Waals surface area contributed by atoms with E-state index < -0.39 is 17.6 Å². The second kappa shape index (κ2) is 4.56. The van der Waals surface area contributed by atoms with Gasteiger partial charge in [-0.15, -0.1) is 0 Å². The molecule has 2 nitrogen and oxygen atoms in total. The summed E-state index contributed by atoms with van der Waals surface area (Å²) in [4.78, 5) is 13.1. The predicted molar refractivity (Wildman–Crippen MR) is 70.0 cm³/mol. The predicted octanol–water partition coefficient (Wildman–Crippen LogP) is 4.42. The quantitative estimate of drug-likeness (QED) is 0.779. The smallest absolute Gasteiger partial charge is 0.321 e. The number of amides is 1. The molecule has 3 rings (SSSR count). The zero-order valence-electron chi connectivity index (χ0n) is 9.99. The Labute approximate surface area is 117 Å². The van der Waals surface area contributed by atoms with Crippen LogP contribution in [0.1, 0.15) is 15.9 Å². The van der Waals surface area contributed by atoms with Crippen molar-refractivity contribution < 1.29 is 18.0 Å². The molecule has 1 aliphatic rings. The van der Waals surface area contributed by atoms with Gasteiger partial charge in [-0.05, 0) is 30.3 Å². The molecule has 2 aromatic rings. The normalized spacial score (nSPS) is 14.1. The molecule has 102 valence electrons. The summed E-state index contributed by atoms with van der Waals surface area (Å²) in [5.74, 6) is -0.397. The van der Waals surface area contributed by atoms with Crippen LogP contribution in [0, 0.1) is 0 Å². The van der Waals surface area contributed by atoms with Gasteiger partial charge < -0.3 is 5.32 Å². The maximum atomic E-state index is 12.7. The molecule has 0 fully saturated rings. The van der Waals surface area contributed by atoms with Gasteiger partial charge in [0.2, 0.25) is 0 Å². The van der Waals surface area contributed by atoms with Crippen LogP contribution < -0.4 is 5.32 Å². The summed E-state index contributed by atoms with van der Waals surface area (Å²) in [5.41, 5.74) is 0.0994. The summed E-state index contributed by atoms with van der Waals surface area (Å²) in [6, 6.07) is 10.2. The van der Waals surface area contributed by atoms with Crippen LogP contribution in [0.3, 0.4) is 0 Å². The first-order chi connectivity index (χ1) is 9.45. The van der Waals surface area contributed by atoms with E-state index in [4.69, 9.17) is 0 Å². The number of carbonyl (C=O) groups excluding carboxylic acids is 1. The van der Waals surface area contributed by atoms with Gasteiger partial charge in [-0.1, -0.05) is 23.9 Å². The highest BCUT2D eigenvalue weighted by molar-refractivity contribution is 7.99. The number of fused-ring (bicyclic) bond motifs is 2. The van der Waals surface area contributed by atoms with E-state index in [1.54, 1.807) is 24.3 Å². The van der Waals surface area contributed by atoms with Gasteiger partial charge in [0, 0.05) is 9.79 Å². The van der Waals surface area contributed by atoms with Crippen LogP contribution in [0.25, 0.3) is 0 Å². The van der Waals surface area contributed by atoms with E-state index in [-0.39, 0.29) is 5.56 Å². The summed E-state index contributed by atoms with van der Waals surface area (Å²) < 4.78 is 38.2. The van der Waals surface area contributed by atoms with E-state index >= 15 is 0 Å². The molecule has 0 bridgehead atoms. The van der Waals surface area contributed by atoms with Gasteiger partial charge in [0.1, 0.15) is 0 Å². The minimum Gasteiger partial charge on any atom is -0.321 e. The number of hydrogen-bond donors (Lipinski definition) is 1. The number of halogens is 3. The van der Waals surface area contributed by atoms with Gasteiger partial charge in [-0.3, -0.25) is 4.79 Å². The van der Waals surface area contributed by atoms with Crippen LogP contribution in [-0.4, -0.2) is 5.91 Å². The fraction of sp³-hybridized carbons (Fsp3) is 0.0714. The molecule has 20 heavy (non-hydrogen) atoms. The fourth-order valence-electron chi connectivity index (χ4n) is 1.94. The molecular weight excluding hydrogens is 287 g/mol. The number of hydrogen-bond acceptors (Lipinski definition) is 2. The number of carbonyl (C=O) groups is 1. The van der Waals surface area contributed by atoms with E-state index in [0.29, 0.717) is 10.6 Å². The first-order valence-electron chi connectivity index (χ1n) is 5.74. The van der Waals surface area contributed by atoms with Crippen molar-refractivity contribution in [2.45, 2.75) is 16.0 Å². The minimum absolute atomic E-state index is 0.249. The maximum Gasteiger partial charge on any atom is 0.416 e. The second-order valence-corrected chi connectivity index (χ2v) is 5.34. The van der Waals surface area contributed by atoms with Crippen molar-refractivity contribution in [3.63, 3.8) is 0 Å². The molecule has 1 N–H and O–H groups in total. The first-order valence-corrected chi connectivity index (χ1v) is 6.56. The van der Waals surface area contributed by atoms with Crippen molar-refractivity contribution in [1.29, 1.82) is 0 Å². The van der Waals surface area contributed by atoms with Crippen molar-refractivity contribution in [2.75, 3.05) is 5.32 Å². The van der Waals surface area contributed by atoms with Crippen molar-refractivity contribution in [2.24, 2.45) is 0 Å². The van der Waals surface area contributed by atoms with Gasteiger partial charge in [0.25, 0.3) is 5.91 Å². The molecule has 2 aromatic carbocycles. The molecule has 0 unspecified atom stereocenters. The van der Waals surface area contributed by atoms with Crippen molar-refractivity contribution in [3.05, 3.63) is 53.6 Å². The van der Waals surface area contributed by atoms with Gasteiger partial charge in [0.15, 0.2) is 0 Å². The lowest BCUT2D eigenvalue weighted by Gasteiger charge is -2.10. The van der Waals surface area contributed by atoms with E-state index in [0.717, 1.165) is 28.8 Å². The average molecular weight is 295 g/mol. The number of rotatable bonds is 0. The molecule has 0 saturated carbocycles. The molecule has 6 heteroatoms. The van der Waals surface area contributed by atoms with E-state index in [9.17, 15) is 18.0 Å². The van der Waals surface area contributed by atoms with Crippen LogP contribution in [0.2, 0.25) is 0 Å². The summed E-state index contributed by atoms with van der Waals surface area (Å²) in [7, 11) is 0. The lowest BCUT2D eigenvalue weighted by Crippen LogP contribution is -2.12. The highest BCUT2D eigenvalue weighted by Gasteiger charge is 2.32. The summed E-state index contributed by atoms with van der Waals surface area (Å²) in [5, 5.41) is 2.70. The minimum atomic E-state index is -4.42. The standard InChI is InChI=1S/C14H8F3NOS/c15-14(16,17)8-5-6-9-12(7-8)20-11-4-2-1-3-10(11)18-13(9)19/h1-7H,(H,18,19). The third kappa shape index (κ3) is 2.27. The lowest BCUT2D eigenvalue weighted by atomic mass is 10.1. The molecular formula is C14H8F3NOS. The topological polar surface area (TPSA) is 29.1 Å². The van der Waals surface area contributed by atoms with Crippen molar-refractivity contribution >= 4 is 23.4 Å². The van der Waals surface area contributed by atoms with Crippen molar-refractivity contribution in [3.8, 4) is 0 Å². The van der Waals surface area contributed by atoms with E-state index in [1.165, 1.54) is 6.07 Å². The maximum absolute atomic E-state index is 12.7. The zero-order valence-corrected chi connectivity index (χ0v) is 10.8. The Morgan fingerprint density at radius 3 is 2.50 bits per heavy atom. The molecule has 0 radical (unpaired) electrons. The van der Waals surface area contributed by atoms with Gasteiger partial charge in [0.05, 0.1) is 16.8 Å². The number of anilines is 1. The third-order valence-corrected chi connectivity index (χ3v) is 4.04. The van der Waals surface area contributed by atoms with Gasteiger partial charge >= 0.3 is 6.18 Å². The molecule has 0 aromatic heterocycles. The number of alkyl halides is 3. The summed E-state index contributed by atoms with van der Waals surface area (Å²) in [6.45, 7) is 0. The molecule has 1 heterocycles. The molecule has 0 saturated heterocycles. The highest BCUT2D eigenvalue weighted by Crippen LogP contribution is 2.41. The SMILES string of the molecule is O=C1Nc2ccccc2Sc2cc(C(F)(F)F)ccc21. The Morgan fingerprint density at radius 1 is 1.00 bits per heavy atom. The van der Waals surface area contributed by atoms with Gasteiger partial charge in [-0.25, -0.2) is 0 Å². The van der Waals surface area contributed by atoms with Crippen LogP contribution in [-0.2, 0) is 6.18 Å². The molecule has 0 spiro atoms. The Morgan fingerprint density at radius 2 is 1.75 bits per heavy atom. The number of para-hydroxylation sites is 1. The Balaban J connectivity index is 2.13. The summed E-state index contributed by atoms with van der Waals surface area (Å²) >= 11 is 1.15. The number of nitrogens with one attached hydrogen (secondary N) is 1. The largest absolute Gasteiger partial charge is 0.416 e. The molecule has 1 aliphatic heterocycles. The average Bonchev–Trinajstić information content (AvgIpc) is 2.53. The monoisotopic (exact) mass is 295 g/mol. The molecule has 1 amide bonds. The van der Waals surface area contributed by atoms with E-state index in [1.807, 2.05) is 0 Å². The van der Waals surface area contributed by atoms with Crippen molar-refractivity contribution in [1.82, 2.24) is 0 Å². The fourth-order valence-corrected chi connectivity index (χ4v) is 3.01. The first kappa shape index (κ1) is 13.1. The second-order valence-electron chi connectivity index (χ2n) is 4.26. The molecule has 0 atom stereocenters. The lowest BCUT2D eigenvalue weighted by molar-refractivity contribution is -0.137. The van der Waals surface area contributed by atoms with Crippen LogP contribution in [0.4, 0.5) is 18.9 Å². The molecule has 0 aliphatic carbocycles. The Hall–Kier alpha value is -1.95. The van der Waals surface area contributed by atoms with Crippen LogP contribution in [0.5, 0.6) is 0 Å². The Bertz CT molecular complexity index is 697. The van der Waals surface area contributed by atoms with Crippen LogP contribution in [0.15, 0.2) is 52.3 Å². The zero-order chi connectivity index (χ0) is 14.3. The van der Waals surface area contributed by atoms with Gasteiger partial charge in [-0.2, -0.15) is 13.2 Å². The number of benzene rings is 2. The third-order valence-electron chi connectivity index (χ3n) is 2.91. The highest BCUT2D eigenvalue weighted by atomic mass is 32.2. The van der Waals surface area contributed by atoms with E-state index in [2.05, 4.69) is 5.32 Å². The van der Waals surface area contributed by atoms with Crippen LogP contribution >= 0.6 is 11.8 Å².